The lowest BCUT2D eigenvalue weighted by molar-refractivity contribution is 0.0470. The predicted molar refractivity (Wildman–Crippen MR) is 90.0 cm³/mol. The zero-order valence-electron chi connectivity index (χ0n) is 13.3. The van der Waals surface area contributed by atoms with E-state index in [1.54, 1.807) is 48.5 Å². The van der Waals surface area contributed by atoms with Crippen molar-refractivity contribution in [3.8, 4) is 5.75 Å². The van der Waals surface area contributed by atoms with Crippen molar-refractivity contribution in [1.82, 2.24) is 10.2 Å². The van der Waals surface area contributed by atoms with Crippen LogP contribution in [-0.2, 0) is 4.74 Å². The van der Waals surface area contributed by atoms with E-state index in [1.807, 2.05) is 0 Å². The number of esters is 1. The summed E-state index contributed by atoms with van der Waals surface area (Å²) >= 11 is 0. The van der Waals surface area contributed by atoms with E-state index in [-0.39, 0.29) is 11.5 Å². The smallest absolute Gasteiger partial charge is 0.359 e. The number of rotatable bonds is 5. The van der Waals surface area contributed by atoms with Gasteiger partial charge in [0.2, 0.25) is 0 Å². The Morgan fingerprint density at radius 3 is 2.40 bits per heavy atom. The van der Waals surface area contributed by atoms with Gasteiger partial charge in [-0.15, -0.1) is 0 Å². The highest BCUT2D eigenvalue weighted by molar-refractivity contribution is 6.04. The topological polar surface area (TPSA) is 98.3 Å². The number of H-pyrrole nitrogens is 1. The monoisotopic (exact) mass is 338 g/mol. The molecule has 0 saturated heterocycles. The number of aromatic amines is 1. The minimum absolute atomic E-state index is 0.0438. The van der Waals surface area contributed by atoms with E-state index in [0.29, 0.717) is 22.1 Å². The van der Waals surface area contributed by atoms with Crippen LogP contribution in [-0.4, -0.2) is 35.7 Å². The van der Waals surface area contributed by atoms with Gasteiger partial charge in [-0.25, -0.2) is 9.89 Å². The number of nitrogens with one attached hydrogen (secondary N) is 1. The summed E-state index contributed by atoms with van der Waals surface area (Å²) in [5, 5.41) is 6.68. The van der Waals surface area contributed by atoms with E-state index in [0.717, 1.165) is 0 Å². The average Bonchev–Trinajstić information content (AvgIpc) is 2.66. The normalized spacial score (nSPS) is 10.4. The van der Waals surface area contributed by atoms with Gasteiger partial charge in [0.05, 0.1) is 12.5 Å². The summed E-state index contributed by atoms with van der Waals surface area (Å²) in [7, 11) is 1.53. The lowest BCUT2D eigenvalue weighted by Crippen LogP contribution is -2.19. The van der Waals surface area contributed by atoms with E-state index in [2.05, 4.69) is 10.2 Å². The van der Waals surface area contributed by atoms with E-state index >= 15 is 0 Å². The second-order valence-corrected chi connectivity index (χ2v) is 5.17. The molecule has 0 aliphatic rings. The van der Waals surface area contributed by atoms with Gasteiger partial charge in [0.15, 0.2) is 18.1 Å². The highest BCUT2D eigenvalue weighted by Gasteiger charge is 2.17. The van der Waals surface area contributed by atoms with Crippen LogP contribution >= 0.6 is 0 Å². The maximum absolute atomic E-state index is 12.2. The number of methoxy groups -OCH3 is 1. The molecule has 126 valence electrons. The molecule has 0 amide bonds. The number of carbonyl (C=O) groups is 2. The van der Waals surface area contributed by atoms with Crippen LogP contribution in [0.1, 0.15) is 20.8 Å². The highest BCUT2D eigenvalue weighted by atomic mass is 16.5. The molecule has 1 N–H and O–H groups in total. The molecule has 3 rings (SSSR count). The Morgan fingerprint density at radius 1 is 1.04 bits per heavy atom. The number of nitrogens with zero attached hydrogens (tertiary/aromatic N) is 1. The summed E-state index contributed by atoms with van der Waals surface area (Å²) in [6, 6.07) is 13.0. The molecule has 1 aromatic heterocycles. The summed E-state index contributed by atoms with van der Waals surface area (Å²) in [5.74, 6) is -0.517. The van der Waals surface area contributed by atoms with Gasteiger partial charge < -0.3 is 9.47 Å². The molecule has 25 heavy (non-hydrogen) atoms. The van der Waals surface area contributed by atoms with E-state index in [9.17, 15) is 14.4 Å². The fourth-order valence-electron chi connectivity index (χ4n) is 2.33. The third-order valence-corrected chi connectivity index (χ3v) is 3.64. The molecule has 0 aliphatic carbocycles. The van der Waals surface area contributed by atoms with Crippen LogP contribution in [0, 0.1) is 0 Å². The molecule has 7 heteroatoms. The summed E-state index contributed by atoms with van der Waals surface area (Å²) in [6.45, 7) is -0.430. The number of fused-ring (bicyclic) bond motifs is 1. The zero-order chi connectivity index (χ0) is 17.8. The minimum atomic E-state index is -0.783. The quantitative estimate of drug-likeness (QED) is 0.564. The van der Waals surface area contributed by atoms with E-state index in [4.69, 9.17) is 9.47 Å². The molecule has 0 radical (unpaired) electrons. The first kappa shape index (κ1) is 16.4. The Kier molecular flexibility index (Phi) is 4.56. The average molecular weight is 338 g/mol. The van der Waals surface area contributed by atoms with Crippen molar-refractivity contribution in [2.45, 2.75) is 0 Å². The minimum Gasteiger partial charge on any atom is -0.497 e. The van der Waals surface area contributed by atoms with Gasteiger partial charge in [0.25, 0.3) is 5.56 Å². The van der Waals surface area contributed by atoms with Crippen LogP contribution in [0.2, 0.25) is 0 Å². The molecule has 0 spiro atoms. The van der Waals surface area contributed by atoms with Crippen molar-refractivity contribution in [3.63, 3.8) is 0 Å². The number of aromatic nitrogens is 2. The fourth-order valence-corrected chi connectivity index (χ4v) is 2.33. The maximum Gasteiger partial charge on any atom is 0.359 e. The summed E-state index contributed by atoms with van der Waals surface area (Å²) in [5.41, 5.74) is -0.0490. The van der Waals surface area contributed by atoms with Gasteiger partial charge in [0.1, 0.15) is 5.75 Å². The molecule has 0 saturated carbocycles. The third kappa shape index (κ3) is 3.40. The Balaban J connectivity index is 1.75. The first-order chi connectivity index (χ1) is 12.1. The molecule has 0 aliphatic heterocycles. The fraction of sp³-hybridized carbons (Fsp3) is 0.111. The molecule has 7 nitrogen and oxygen atoms in total. The number of hydrogen-bond acceptors (Lipinski definition) is 6. The van der Waals surface area contributed by atoms with Crippen LogP contribution in [0.3, 0.4) is 0 Å². The lowest BCUT2D eigenvalue weighted by Gasteiger charge is -2.06. The van der Waals surface area contributed by atoms with Crippen molar-refractivity contribution in [1.29, 1.82) is 0 Å². The van der Waals surface area contributed by atoms with Gasteiger partial charge in [-0.2, -0.15) is 5.10 Å². The number of benzene rings is 2. The Bertz CT molecular complexity index is 992. The molecule has 2 aromatic carbocycles. The largest absolute Gasteiger partial charge is 0.497 e. The first-order valence-corrected chi connectivity index (χ1v) is 7.42. The number of ketones is 1. The molecule has 0 bridgehead atoms. The highest BCUT2D eigenvalue weighted by Crippen LogP contribution is 2.14. The maximum atomic E-state index is 12.2. The van der Waals surface area contributed by atoms with Crippen LogP contribution in [0.4, 0.5) is 0 Å². The number of carbonyl (C=O) groups excluding carboxylic acids is 2. The van der Waals surface area contributed by atoms with Gasteiger partial charge in [-0.3, -0.25) is 9.59 Å². The Morgan fingerprint density at radius 2 is 1.72 bits per heavy atom. The number of hydrogen-bond donors (Lipinski definition) is 1. The lowest BCUT2D eigenvalue weighted by atomic mass is 10.1. The third-order valence-electron chi connectivity index (χ3n) is 3.64. The van der Waals surface area contributed by atoms with Crippen molar-refractivity contribution < 1.29 is 19.1 Å². The second kappa shape index (κ2) is 6.96. The van der Waals surface area contributed by atoms with Crippen molar-refractivity contribution in [2.24, 2.45) is 0 Å². The Hall–Kier alpha value is -3.48. The van der Waals surface area contributed by atoms with Gasteiger partial charge >= 0.3 is 5.97 Å². The van der Waals surface area contributed by atoms with Gasteiger partial charge in [-0.05, 0) is 30.3 Å². The summed E-state index contributed by atoms with van der Waals surface area (Å²) in [4.78, 5) is 36.1. The van der Waals surface area contributed by atoms with Crippen molar-refractivity contribution in [2.75, 3.05) is 13.7 Å². The van der Waals surface area contributed by atoms with Crippen molar-refractivity contribution >= 4 is 22.5 Å². The number of Topliss-reactive ketones (excluding diaryl/α,β-unsaturated/α-hetero) is 1. The predicted octanol–water partition coefficient (Wildman–Crippen LogP) is 1.97. The van der Waals surface area contributed by atoms with Gasteiger partial charge in [0, 0.05) is 10.9 Å². The molecular formula is C18H14N2O5. The first-order valence-electron chi connectivity index (χ1n) is 7.42. The standard InChI is InChI=1S/C18H14N2O5/c1-24-12-8-6-11(7-9-12)15(21)10-25-18(23)16-13-4-2-3-5-14(13)17(22)20-19-16/h2-9H,10H2,1H3,(H,20,22). The van der Waals surface area contributed by atoms with Crippen molar-refractivity contribution in [3.05, 3.63) is 70.1 Å². The molecule has 3 aromatic rings. The zero-order valence-corrected chi connectivity index (χ0v) is 13.3. The van der Waals surface area contributed by atoms with Crippen LogP contribution in [0.15, 0.2) is 53.3 Å². The summed E-state index contributed by atoms with van der Waals surface area (Å²) < 4.78 is 10.1. The van der Waals surface area contributed by atoms with Crippen LogP contribution < -0.4 is 10.3 Å². The van der Waals surface area contributed by atoms with Crippen LogP contribution in [0.25, 0.3) is 10.8 Å². The molecular weight excluding hydrogens is 324 g/mol. The molecule has 0 fully saturated rings. The van der Waals surface area contributed by atoms with E-state index < -0.39 is 18.1 Å². The van der Waals surface area contributed by atoms with E-state index in [1.165, 1.54) is 7.11 Å². The SMILES string of the molecule is COc1ccc(C(=O)COC(=O)c2n[nH]c(=O)c3ccccc23)cc1. The molecule has 1 heterocycles. The van der Waals surface area contributed by atoms with Gasteiger partial charge in [-0.1, -0.05) is 18.2 Å². The molecule has 0 atom stereocenters. The summed E-state index contributed by atoms with van der Waals surface area (Å²) in [6.07, 6.45) is 0. The second-order valence-electron chi connectivity index (χ2n) is 5.17. The van der Waals surface area contributed by atoms with Crippen LogP contribution in [0.5, 0.6) is 5.75 Å². The Labute approximate surface area is 142 Å². The molecule has 0 unspecified atom stereocenters. The number of ether oxygens (including phenoxy) is 2.